The van der Waals surface area contributed by atoms with E-state index in [1.165, 1.54) is 36.4 Å². The van der Waals surface area contributed by atoms with Gasteiger partial charge in [-0.25, -0.2) is 0 Å². The molecule has 0 aromatic heterocycles. The third kappa shape index (κ3) is 4.46. The van der Waals surface area contributed by atoms with Gasteiger partial charge in [-0.3, -0.25) is 10.1 Å². The summed E-state index contributed by atoms with van der Waals surface area (Å²) in [5.41, 5.74) is 1.10. The van der Waals surface area contributed by atoms with Crippen LogP contribution in [0.5, 0.6) is 5.75 Å². The van der Waals surface area contributed by atoms with E-state index in [9.17, 15) is 10.1 Å². The molecule has 21 heavy (non-hydrogen) atoms. The SMILES string of the molecule is O=[N+]([O-])c1ccc(N=NCN=Nc2ccc(O)cc2)cc1. The van der Waals surface area contributed by atoms with E-state index in [-0.39, 0.29) is 18.1 Å². The van der Waals surface area contributed by atoms with E-state index in [2.05, 4.69) is 20.5 Å². The van der Waals surface area contributed by atoms with Gasteiger partial charge in [0.25, 0.3) is 5.69 Å². The van der Waals surface area contributed by atoms with Crippen molar-refractivity contribution in [1.29, 1.82) is 0 Å². The molecular formula is C13H11N5O3. The second-order valence-electron chi connectivity index (χ2n) is 3.91. The summed E-state index contributed by atoms with van der Waals surface area (Å²) in [4.78, 5) is 10.00. The van der Waals surface area contributed by atoms with Gasteiger partial charge in [0.05, 0.1) is 16.3 Å². The van der Waals surface area contributed by atoms with Gasteiger partial charge in [0.1, 0.15) is 5.75 Å². The second kappa shape index (κ2) is 6.85. The Morgan fingerprint density at radius 3 is 1.86 bits per heavy atom. The molecule has 8 nitrogen and oxygen atoms in total. The zero-order chi connectivity index (χ0) is 15.1. The van der Waals surface area contributed by atoms with Gasteiger partial charge in [-0.2, -0.15) is 20.5 Å². The average Bonchev–Trinajstić information content (AvgIpc) is 2.49. The van der Waals surface area contributed by atoms with Crippen LogP contribution in [0.3, 0.4) is 0 Å². The summed E-state index contributed by atoms with van der Waals surface area (Å²) in [6.07, 6.45) is 0. The fourth-order valence-corrected chi connectivity index (χ4v) is 1.42. The zero-order valence-corrected chi connectivity index (χ0v) is 10.8. The van der Waals surface area contributed by atoms with Gasteiger partial charge < -0.3 is 5.11 Å². The van der Waals surface area contributed by atoms with Gasteiger partial charge in [-0.05, 0) is 36.4 Å². The Bertz CT molecular complexity index is 665. The lowest BCUT2D eigenvalue weighted by atomic mass is 10.3. The van der Waals surface area contributed by atoms with Crippen LogP contribution in [0.25, 0.3) is 0 Å². The smallest absolute Gasteiger partial charge is 0.269 e. The van der Waals surface area contributed by atoms with Crippen LogP contribution in [0, 0.1) is 10.1 Å². The number of phenolic OH excluding ortho intramolecular Hbond substituents is 1. The molecule has 0 atom stereocenters. The predicted molar refractivity (Wildman–Crippen MR) is 75.1 cm³/mol. The highest BCUT2D eigenvalue weighted by Gasteiger charge is 2.02. The Labute approximate surface area is 119 Å². The van der Waals surface area contributed by atoms with Crippen LogP contribution in [0.15, 0.2) is 69.0 Å². The van der Waals surface area contributed by atoms with Crippen molar-refractivity contribution in [3.8, 4) is 5.75 Å². The van der Waals surface area contributed by atoms with Crippen molar-refractivity contribution < 1.29 is 10.0 Å². The van der Waals surface area contributed by atoms with E-state index < -0.39 is 4.92 Å². The molecule has 0 heterocycles. The van der Waals surface area contributed by atoms with Crippen LogP contribution in [-0.4, -0.2) is 16.7 Å². The van der Waals surface area contributed by atoms with Crippen molar-refractivity contribution in [3.63, 3.8) is 0 Å². The molecule has 0 aliphatic heterocycles. The minimum Gasteiger partial charge on any atom is -0.508 e. The van der Waals surface area contributed by atoms with Crippen molar-refractivity contribution >= 4 is 17.1 Å². The number of hydrogen-bond acceptors (Lipinski definition) is 7. The van der Waals surface area contributed by atoms with Crippen molar-refractivity contribution in [2.45, 2.75) is 0 Å². The molecular weight excluding hydrogens is 274 g/mol. The molecule has 106 valence electrons. The van der Waals surface area contributed by atoms with Crippen LogP contribution < -0.4 is 0 Å². The summed E-state index contributed by atoms with van der Waals surface area (Å²) in [7, 11) is 0. The number of nitro benzene ring substituents is 1. The lowest BCUT2D eigenvalue weighted by Gasteiger charge is -1.93. The molecule has 0 aliphatic rings. The topological polar surface area (TPSA) is 113 Å². The lowest BCUT2D eigenvalue weighted by Crippen LogP contribution is -1.85. The first-order valence-electron chi connectivity index (χ1n) is 5.93. The molecule has 0 unspecified atom stereocenters. The summed E-state index contributed by atoms with van der Waals surface area (Å²) in [5, 5.41) is 34.9. The molecule has 0 amide bonds. The van der Waals surface area contributed by atoms with Crippen LogP contribution in [0.1, 0.15) is 0 Å². The van der Waals surface area contributed by atoms with E-state index in [0.29, 0.717) is 11.4 Å². The molecule has 0 saturated carbocycles. The molecule has 0 spiro atoms. The summed E-state index contributed by atoms with van der Waals surface area (Å²) >= 11 is 0. The van der Waals surface area contributed by atoms with Gasteiger partial charge in [0.2, 0.25) is 0 Å². The number of benzene rings is 2. The third-order valence-electron chi connectivity index (χ3n) is 2.41. The molecule has 0 saturated heterocycles. The molecule has 2 aromatic carbocycles. The monoisotopic (exact) mass is 285 g/mol. The number of rotatable bonds is 5. The quantitative estimate of drug-likeness (QED) is 0.506. The molecule has 0 bridgehead atoms. The van der Waals surface area contributed by atoms with Crippen LogP contribution in [0.2, 0.25) is 0 Å². The van der Waals surface area contributed by atoms with Crippen LogP contribution in [-0.2, 0) is 0 Å². The number of aromatic hydroxyl groups is 1. The highest BCUT2D eigenvalue weighted by molar-refractivity contribution is 5.43. The Morgan fingerprint density at radius 1 is 0.905 bits per heavy atom. The highest BCUT2D eigenvalue weighted by atomic mass is 16.6. The molecule has 0 aliphatic carbocycles. The van der Waals surface area contributed by atoms with Crippen LogP contribution in [0.4, 0.5) is 17.1 Å². The highest BCUT2D eigenvalue weighted by Crippen LogP contribution is 2.18. The Balaban J connectivity index is 1.87. The van der Waals surface area contributed by atoms with E-state index >= 15 is 0 Å². The minimum absolute atomic E-state index is 0.000896. The number of phenols is 1. The standard InChI is InChI=1S/C13H11N5O3/c19-13-7-3-11(4-8-13)17-15-9-14-16-10-1-5-12(6-2-10)18(20)21/h1-8,19H,9H2. The Morgan fingerprint density at radius 2 is 1.38 bits per heavy atom. The van der Waals surface area contributed by atoms with Gasteiger partial charge in [0.15, 0.2) is 6.67 Å². The van der Waals surface area contributed by atoms with Crippen molar-refractivity contribution in [3.05, 3.63) is 58.6 Å². The van der Waals surface area contributed by atoms with Gasteiger partial charge >= 0.3 is 0 Å². The van der Waals surface area contributed by atoms with Crippen molar-refractivity contribution in [2.75, 3.05) is 6.67 Å². The van der Waals surface area contributed by atoms with E-state index in [1.54, 1.807) is 12.1 Å². The molecule has 8 heteroatoms. The Kier molecular flexibility index (Phi) is 4.65. The first-order valence-corrected chi connectivity index (χ1v) is 5.93. The number of nitrogens with zero attached hydrogens (tertiary/aromatic N) is 5. The van der Waals surface area contributed by atoms with Crippen molar-refractivity contribution in [2.24, 2.45) is 20.5 Å². The van der Waals surface area contributed by atoms with E-state index in [0.717, 1.165) is 0 Å². The van der Waals surface area contributed by atoms with E-state index in [4.69, 9.17) is 5.11 Å². The van der Waals surface area contributed by atoms with Gasteiger partial charge in [-0.15, -0.1) is 0 Å². The molecule has 2 rings (SSSR count). The molecule has 0 radical (unpaired) electrons. The van der Waals surface area contributed by atoms with Gasteiger partial charge in [0, 0.05) is 12.1 Å². The lowest BCUT2D eigenvalue weighted by molar-refractivity contribution is -0.384. The fraction of sp³-hybridized carbons (Fsp3) is 0.0769. The zero-order valence-electron chi connectivity index (χ0n) is 10.8. The number of non-ortho nitro benzene ring substituents is 1. The largest absolute Gasteiger partial charge is 0.508 e. The molecule has 0 fully saturated rings. The summed E-state index contributed by atoms with van der Waals surface area (Å²) in [6.45, 7) is 0.0395. The third-order valence-corrected chi connectivity index (χ3v) is 2.41. The second-order valence-corrected chi connectivity index (χ2v) is 3.91. The summed E-state index contributed by atoms with van der Waals surface area (Å²) < 4.78 is 0. The first-order chi connectivity index (χ1) is 10.1. The predicted octanol–water partition coefficient (Wildman–Crippen LogP) is 4.13. The number of azo groups is 2. The minimum atomic E-state index is -0.479. The average molecular weight is 285 g/mol. The Hall–Kier alpha value is -3.16. The number of nitro groups is 1. The first kappa shape index (κ1) is 14.3. The van der Waals surface area contributed by atoms with Crippen molar-refractivity contribution in [1.82, 2.24) is 0 Å². The maximum absolute atomic E-state index is 10.5. The van der Waals surface area contributed by atoms with Crippen LogP contribution >= 0.6 is 0 Å². The number of hydrogen-bond donors (Lipinski definition) is 1. The van der Waals surface area contributed by atoms with Gasteiger partial charge in [-0.1, -0.05) is 0 Å². The fourth-order valence-electron chi connectivity index (χ4n) is 1.42. The van der Waals surface area contributed by atoms with E-state index in [1.807, 2.05) is 0 Å². The molecule has 2 aromatic rings. The normalized spacial score (nSPS) is 11.2. The summed E-state index contributed by atoms with van der Waals surface area (Å²) in [6, 6.07) is 12.0. The maximum Gasteiger partial charge on any atom is 0.269 e. The summed E-state index contributed by atoms with van der Waals surface area (Å²) in [5.74, 6) is 0.159. The maximum atomic E-state index is 10.5. The molecule has 1 N–H and O–H groups in total.